The molecule has 0 radical (unpaired) electrons. The lowest BCUT2D eigenvalue weighted by atomic mass is 9.90. The van der Waals surface area contributed by atoms with E-state index in [1.165, 1.54) is 11.1 Å². The second kappa shape index (κ2) is 6.90. The van der Waals surface area contributed by atoms with Crippen LogP contribution in [0.4, 0.5) is 0 Å². The molecule has 2 N–H and O–H groups in total. The van der Waals surface area contributed by atoms with Crippen molar-refractivity contribution in [3.63, 3.8) is 0 Å². The van der Waals surface area contributed by atoms with E-state index in [4.69, 9.17) is 10.5 Å². The van der Waals surface area contributed by atoms with Gasteiger partial charge < -0.3 is 10.5 Å². The SMILES string of the molecule is COc1ccc(CC(CCN)c2ccncc2)cc1. The third-order valence-electron chi connectivity index (χ3n) is 3.33. The topological polar surface area (TPSA) is 48.1 Å². The van der Waals surface area contributed by atoms with Gasteiger partial charge in [-0.1, -0.05) is 12.1 Å². The van der Waals surface area contributed by atoms with E-state index in [-0.39, 0.29) is 0 Å². The standard InChI is InChI=1S/C16H20N2O/c1-19-16-4-2-13(3-5-16)12-15(6-9-17)14-7-10-18-11-8-14/h2-5,7-8,10-11,15H,6,9,12,17H2,1H3. The molecule has 0 aliphatic rings. The third kappa shape index (κ3) is 3.80. The molecule has 100 valence electrons. The lowest BCUT2D eigenvalue weighted by Crippen LogP contribution is -2.10. The lowest BCUT2D eigenvalue weighted by Gasteiger charge is -2.16. The van der Waals surface area contributed by atoms with Gasteiger partial charge in [0.15, 0.2) is 0 Å². The van der Waals surface area contributed by atoms with Gasteiger partial charge >= 0.3 is 0 Å². The minimum absolute atomic E-state index is 0.446. The van der Waals surface area contributed by atoms with Crippen molar-refractivity contribution in [2.75, 3.05) is 13.7 Å². The highest BCUT2D eigenvalue weighted by molar-refractivity contribution is 5.29. The van der Waals surface area contributed by atoms with Crippen molar-refractivity contribution in [1.82, 2.24) is 4.98 Å². The Morgan fingerprint density at radius 2 is 1.79 bits per heavy atom. The van der Waals surface area contributed by atoms with Gasteiger partial charge in [0.25, 0.3) is 0 Å². The second-order valence-corrected chi connectivity index (χ2v) is 4.61. The molecule has 3 heteroatoms. The van der Waals surface area contributed by atoms with E-state index in [9.17, 15) is 0 Å². The molecule has 0 bridgehead atoms. The number of benzene rings is 1. The van der Waals surface area contributed by atoms with E-state index in [1.54, 1.807) is 7.11 Å². The van der Waals surface area contributed by atoms with Gasteiger partial charge in [0, 0.05) is 12.4 Å². The summed E-state index contributed by atoms with van der Waals surface area (Å²) < 4.78 is 5.18. The van der Waals surface area contributed by atoms with Crippen LogP contribution >= 0.6 is 0 Å². The molecule has 0 saturated heterocycles. The fraction of sp³-hybridized carbons (Fsp3) is 0.312. The molecule has 2 rings (SSSR count). The summed E-state index contributed by atoms with van der Waals surface area (Å²) in [7, 11) is 1.68. The van der Waals surface area contributed by atoms with Crippen LogP contribution in [0.1, 0.15) is 23.5 Å². The minimum Gasteiger partial charge on any atom is -0.497 e. The zero-order chi connectivity index (χ0) is 13.5. The number of rotatable bonds is 6. The summed E-state index contributed by atoms with van der Waals surface area (Å²) in [5, 5.41) is 0. The molecule has 19 heavy (non-hydrogen) atoms. The highest BCUT2D eigenvalue weighted by Gasteiger charge is 2.11. The van der Waals surface area contributed by atoms with Gasteiger partial charge in [0.05, 0.1) is 7.11 Å². The average Bonchev–Trinajstić information content (AvgIpc) is 2.48. The van der Waals surface area contributed by atoms with Crippen molar-refractivity contribution in [3.8, 4) is 5.75 Å². The van der Waals surface area contributed by atoms with Crippen LogP contribution in [-0.2, 0) is 6.42 Å². The number of pyridine rings is 1. The summed E-state index contributed by atoms with van der Waals surface area (Å²) in [6.45, 7) is 0.698. The van der Waals surface area contributed by atoms with E-state index in [1.807, 2.05) is 24.5 Å². The van der Waals surface area contributed by atoms with E-state index in [0.717, 1.165) is 18.6 Å². The average molecular weight is 256 g/mol. The van der Waals surface area contributed by atoms with E-state index >= 15 is 0 Å². The molecule has 0 aliphatic heterocycles. The van der Waals surface area contributed by atoms with Crippen molar-refractivity contribution in [2.24, 2.45) is 5.73 Å². The molecule has 0 saturated carbocycles. The van der Waals surface area contributed by atoms with Gasteiger partial charge in [-0.3, -0.25) is 4.98 Å². The number of hydrogen-bond donors (Lipinski definition) is 1. The molecule has 2 aromatic rings. The van der Waals surface area contributed by atoms with Crippen molar-refractivity contribution < 1.29 is 4.74 Å². The van der Waals surface area contributed by atoms with Crippen LogP contribution in [0.5, 0.6) is 5.75 Å². The highest BCUT2D eigenvalue weighted by atomic mass is 16.5. The Labute approximate surface area is 114 Å². The zero-order valence-electron chi connectivity index (χ0n) is 11.3. The first-order valence-corrected chi connectivity index (χ1v) is 6.56. The third-order valence-corrected chi connectivity index (χ3v) is 3.33. The van der Waals surface area contributed by atoms with E-state index in [0.29, 0.717) is 12.5 Å². The largest absolute Gasteiger partial charge is 0.497 e. The highest BCUT2D eigenvalue weighted by Crippen LogP contribution is 2.24. The van der Waals surface area contributed by atoms with Crippen LogP contribution in [0.2, 0.25) is 0 Å². The van der Waals surface area contributed by atoms with Gasteiger partial charge in [-0.25, -0.2) is 0 Å². The number of methoxy groups -OCH3 is 1. The van der Waals surface area contributed by atoms with Crippen LogP contribution < -0.4 is 10.5 Å². The first-order valence-electron chi connectivity index (χ1n) is 6.56. The maximum Gasteiger partial charge on any atom is 0.118 e. The maximum atomic E-state index is 5.73. The molecular weight excluding hydrogens is 236 g/mol. The van der Waals surface area contributed by atoms with Gasteiger partial charge in [-0.2, -0.15) is 0 Å². The van der Waals surface area contributed by atoms with Crippen LogP contribution in [0.25, 0.3) is 0 Å². The molecule has 0 spiro atoms. The molecule has 0 aliphatic carbocycles. The van der Waals surface area contributed by atoms with E-state index < -0.39 is 0 Å². The van der Waals surface area contributed by atoms with Gasteiger partial charge in [-0.15, -0.1) is 0 Å². The first-order chi connectivity index (χ1) is 9.33. The van der Waals surface area contributed by atoms with Crippen molar-refractivity contribution in [3.05, 3.63) is 59.9 Å². The molecule has 0 fully saturated rings. The smallest absolute Gasteiger partial charge is 0.118 e. The monoisotopic (exact) mass is 256 g/mol. The fourth-order valence-corrected chi connectivity index (χ4v) is 2.27. The number of hydrogen-bond acceptors (Lipinski definition) is 3. The van der Waals surface area contributed by atoms with Gasteiger partial charge in [0.1, 0.15) is 5.75 Å². The Morgan fingerprint density at radius 1 is 1.11 bits per heavy atom. The summed E-state index contributed by atoms with van der Waals surface area (Å²) in [5.74, 6) is 1.34. The van der Waals surface area contributed by atoms with Gasteiger partial charge in [-0.05, 0) is 60.7 Å². The number of aromatic nitrogens is 1. The van der Waals surface area contributed by atoms with Gasteiger partial charge in [0.2, 0.25) is 0 Å². The summed E-state index contributed by atoms with van der Waals surface area (Å²) in [5.41, 5.74) is 8.33. The number of nitrogens with zero attached hydrogens (tertiary/aromatic N) is 1. The summed E-state index contributed by atoms with van der Waals surface area (Å²) in [6.07, 6.45) is 5.65. The number of ether oxygens (including phenoxy) is 1. The molecule has 1 atom stereocenters. The van der Waals surface area contributed by atoms with E-state index in [2.05, 4.69) is 29.2 Å². The normalized spacial score (nSPS) is 12.1. The summed E-state index contributed by atoms with van der Waals surface area (Å²) in [6, 6.07) is 12.4. The predicted molar refractivity (Wildman–Crippen MR) is 77.3 cm³/mol. The predicted octanol–water partition coefficient (Wildman–Crippen LogP) is 2.77. The quantitative estimate of drug-likeness (QED) is 0.864. The maximum absolute atomic E-state index is 5.73. The molecule has 1 aromatic heterocycles. The molecular formula is C16H20N2O. The molecule has 3 nitrogen and oxygen atoms in total. The van der Waals surface area contributed by atoms with Crippen LogP contribution in [-0.4, -0.2) is 18.6 Å². The van der Waals surface area contributed by atoms with Crippen LogP contribution in [0.3, 0.4) is 0 Å². The van der Waals surface area contributed by atoms with Crippen molar-refractivity contribution in [2.45, 2.75) is 18.8 Å². The summed E-state index contributed by atoms with van der Waals surface area (Å²) in [4.78, 5) is 4.07. The fourth-order valence-electron chi connectivity index (χ4n) is 2.27. The lowest BCUT2D eigenvalue weighted by molar-refractivity contribution is 0.414. The molecule has 1 unspecified atom stereocenters. The van der Waals surface area contributed by atoms with Crippen molar-refractivity contribution >= 4 is 0 Å². The Kier molecular flexibility index (Phi) is 4.93. The first kappa shape index (κ1) is 13.6. The Balaban J connectivity index is 2.11. The van der Waals surface area contributed by atoms with Crippen molar-refractivity contribution in [1.29, 1.82) is 0 Å². The molecule has 1 aromatic carbocycles. The Bertz CT molecular complexity index is 482. The summed E-state index contributed by atoms with van der Waals surface area (Å²) >= 11 is 0. The molecule has 0 amide bonds. The number of nitrogens with two attached hydrogens (primary N) is 1. The zero-order valence-corrected chi connectivity index (χ0v) is 11.3. The Hall–Kier alpha value is -1.87. The van der Waals surface area contributed by atoms with Crippen LogP contribution in [0.15, 0.2) is 48.8 Å². The molecule has 1 heterocycles. The minimum atomic E-state index is 0.446. The van der Waals surface area contributed by atoms with Crippen LogP contribution in [0, 0.1) is 0 Å². The Morgan fingerprint density at radius 3 is 2.37 bits per heavy atom. The second-order valence-electron chi connectivity index (χ2n) is 4.61.